The molecule has 0 aromatic heterocycles. The van der Waals surface area contributed by atoms with E-state index in [1.807, 2.05) is 0 Å². The predicted octanol–water partition coefficient (Wildman–Crippen LogP) is 2.30. The van der Waals surface area contributed by atoms with Crippen LogP contribution in [0, 0.1) is 5.82 Å². The van der Waals surface area contributed by atoms with Gasteiger partial charge in [0.15, 0.2) is 0 Å². The van der Waals surface area contributed by atoms with Crippen molar-refractivity contribution >= 4 is 11.6 Å². The molecule has 0 aliphatic carbocycles. The Labute approximate surface area is 101 Å². The van der Waals surface area contributed by atoms with Crippen molar-refractivity contribution in [3.8, 4) is 0 Å². The Morgan fingerprint density at radius 3 is 2.61 bits per heavy atom. The molecule has 18 heavy (non-hydrogen) atoms. The fourth-order valence-corrected chi connectivity index (χ4v) is 1.23. The highest BCUT2D eigenvalue weighted by Gasteiger charge is 2.28. The molecule has 0 bridgehead atoms. The SMILES string of the molecule is CC(Nc1cccc(F)c1)C(=O)NCC(F)(F)F. The molecule has 1 rings (SSSR count). The molecule has 1 amide bonds. The molecule has 0 saturated carbocycles. The molecule has 0 spiro atoms. The second kappa shape index (κ2) is 5.70. The van der Waals surface area contributed by atoms with Gasteiger partial charge in [-0.2, -0.15) is 13.2 Å². The molecule has 100 valence electrons. The lowest BCUT2D eigenvalue weighted by atomic mass is 10.2. The van der Waals surface area contributed by atoms with Gasteiger partial charge in [-0.1, -0.05) is 6.07 Å². The molecule has 0 radical (unpaired) electrons. The number of alkyl halides is 3. The first-order chi connectivity index (χ1) is 8.28. The minimum atomic E-state index is -4.45. The van der Waals surface area contributed by atoms with Gasteiger partial charge in [0.1, 0.15) is 18.4 Å². The Morgan fingerprint density at radius 2 is 2.06 bits per heavy atom. The number of nitrogens with one attached hydrogen (secondary N) is 2. The summed E-state index contributed by atoms with van der Waals surface area (Å²) < 4.78 is 48.5. The van der Waals surface area contributed by atoms with Gasteiger partial charge < -0.3 is 10.6 Å². The molecule has 1 unspecified atom stereocenters. The van der Waals surface area contributed by atoms with Gasteiger partial charge in [-0.05, 0) is 25.1 Å². The molecule has 2 N–H and O–H groups in total. The number of rotatable bonds is 4. The first-order valence-corrected chi connectivity index (χ1v) is 5.14. The average molecular weight is 264 g/mol. The third kappa shape index (κ3) is 5.03. The molecule has 0 fully saturated rings. The van der Waals surface area contributed by atoms with Crippen molar-refractivity contribution in [2.45, 2.75) is 19.1 Å². The maximum atomic E-state index is 12.8. The van der Waals surface area contributed by atoms with Gasteiger partial charge in [-0.25, -0.2) is 4.39 Å². The first kappa shape index (κ1) is 14.3. The summed E-state index contributed by atoms with van der Waals surface area (Å²) in [5.74, 6) is -1.31. The highest BCUT2D eigenvalue weighted by Crippen LogP contribution is 2.13. The first-order valence-electron chi connectivity index (χ1n) is 5.14. The Balaban J connectivity index is 2.50. The molecule has 1 aromatic carbocycles. The van der Waals surface area contributed by atoms with Gasteiger partial charge >= 0.3 is 6.18 Å². The number of hydrogen-bond acceptors (Lipinski definition) is 2. The third-order valence-electron chi connectivity index (χ3n) is 2.06. The molecule has 0 saturated heterocycles. The molecule has 0 aliphatic heterocycles. The van der Waals surface area contributed by atoms with Crippen LogP contribution in [-0.4, -0.2) is 24.7 Å². The lowest BCUT2D eigenvalue weighted by Gasteiger charge is -2.16. The summed E-state index contributed by atoms with van der Waals surface area (Å²) >= 11 is 0. The van der Waals surface area contributed by atoms with Crippen LogP contribution in [0.1, 0.15) is 6.92 Å². The number of amides is 1. The molecule has 1 aromatic rings. The fourth-order valence-electron chi connectivity index (χ4n) is 1.23. The van der Waals surface area contributed by atoms with Crippen LogP contribution >= 0.6 is 0 Å². The molecule has 0 aliphatic rings. The van der Waals surface area contributed by atoms with Crippen LogP contribution in [0.25, 0.3) is 0 Å². The van der Waals surface area contributed by atoms with E-state index in [4.69, 9.17) is 0 Å². The number of carbonyl (C=O) groups excluding carboxylic acids is 1. The van der Waals surface area contributed by atoms with E-state index in [2.05, 4.69) is 5.32 Å². The molecule has 3 nitrogen and oxygen atoms in total. The number of halogens is 4. The van der Waals surface area contributed by atoms with E-state index in [0.29, 0.717) is 5.69 Å². The smallest absolute Gasteiger partial charge is 0.374 e. The minimum absolute atomic E-state index is 0.324. The van der Waals surface area contributed by atoms with Crippen molar-refractivity contribution in [2.75, 3.05) is 11.9 Å². The van der Waals surface area contributed by atoms with Gasteiger partial charge in [0.2, 0.25) is 5.91 Å². The fraction of sp³-hybridized carbons (Fsp3) is 0.364. The summed E-state index contributed by atoms with van der Waals surface area (Å²) in [6, 6.07) is 4.41. The monoisotopic (exact) mass is 264 g/mol. The maximum absolute atomic E-state index is 12.8. The lowest BCUT2D eigenvalue weighted by molar-refractivity contribution is -0.138. The van der Waals surface area contributed by atoms with Crippen molar-refractivity contribution in [1.82, 2.24) is 5.32 Å². The summed E-state index contributed by atoms with van der Waals surface area (Å²) in [5.41, 5.74) is 0.324. The van der Waals surface area contributed by atoms with Crippen LogP contribution in [0.2, 0.25) is 0 Å². The van der Waals surface area contributed by atoms with Crippen LogP contribution in [-0.2, 0) is 4.79 Å². The standard InChI is InChI=1S/C11H12F4N2O/c1-7(10(18)16-6-11(13,14)15)17-9-4-2-3-8(12)5-9/h2-5,7,17H,6H2,1H3,(H,16,18). The number of benzene rings is 1. The predicted molar refractivity (Wildman–Crippen MR) is 58.5 cm³/mol. The van der Waals surface area contributed by atoms with Crippen LogP contribution < -0.4 is 10.6 Å². The zero-order valence-electron chi connectivity index (χ0n) is 9.51. The van der Waals surface area contributed by atoms with Gasteiger partial charge in [0, 0.05) is 5.69 Å². The topological polar surface area (TPSA) is 41.1 Å². The highest BCUT2D eigenvalue weighted by atomic mass is 19.4. The summed E-state index contributed by atoms with van der Waals surface area (Å²) in [6.07, 6.45) is -4.45. The van der Waals surface area contributed by atoms with Crippen molar-refractivity contribution < 1.29 is 22.4 Å². The summed E-state index contributed by atoms with van der Waals surface area (Å²) in [6.45, 7) is -0.00236. The van der Waals surface area contributed by atoms with Crippen molar-refractivity contribution in [3.05, 3.63) is 30.1 Å². The zero-order chi connectivity index (χ0) is 13.8. The van der Waals surface area contributed by atoms with Crippen molar-refractivity contribution in [3.63, 3.8) is 0 Å². The quantitative estimate of drug-likeness (QED) is 0.819. The van der Waals surface area contributed by atoms with E-state index in [1.165, 1.54) is 25.1 Å². The summed E-state index contributed by atoms with van der Waals surface area (Å²) in [7, 11) is 0. The summed E-state index contributed by atoms with van der Waals surface area (Å²) in [4.78, 5) is 11.3. The lowest BCUT2D eigenvalue weighted by Crippen LogP contribution is -2.42. The normalized spacial score (nSPS) is 12.9. The second-order valence-corrected chi connectivity index (χ2v) is 3.71. The van der Waals surface area contributed by atoms with E-state index in [-0.39, 0.29) is 0 Å². The highest BCUT2D eigenvalue weighted by molar-refractivity contribution is 5.84. The largest absolute Gasteiger partial charge is 0.405 e. The van der Waals surface area contributed by atoms with E-state index in [1.54, 1.807) is 5.32 Å². The second-order valence-electron chi connectivity index (χ2n) is 3.71. The van der Waals surface area contributed by atoms with Crippen molar-refractivity contribution in [1.29, 1.82) is 0 Å². The number of hydrogen-bond donors (Lipinski definition) is 2. The van der Waals surface area contributed by atoms with Gasteiger partial charge in [0.05, 0.1) is 0 Å². The van der Waals surface area contributed by atoms with E-state index < -0.39 is 30.5 Å². The number of carbonyl (C=O) groups is 1. The molecular formula is C11H12F4N2O. The van der Waals surface area contributed by atoms with E-state index in [9.17, 15) is 22.4 Å². The van der Waals surface area contributed by atoms with Crippen molar-refractivity contribution in [2.24, 2.45) is 0 Å². The van der Waals surface area contributed by atoms with Crippen LogP contribution in [0.5, 0.6) is 0 Å². The Bertz CT molecular complexity index is 420. The zero-order valence-corrected chi connectivity index (χ0v) is 9.51. The Hall–Kier alpha value is -1.79. The van der Waals surface area contributed by atoms with Crippen LogP contribution in [0.4, 0.5) is 23.2 Å². The molecule has 7 heteroatoms. The molecule has 1 atom stereocenters. The maximum Gasteiger partial charge on any atom is 0.405 e. The molecular weight excluding hydrogens is 252 g/mol. The van der Waals surface area contributed by atoms with E-state index >= 15 is 0 Å². The van der Waals surface area contributed by atoms with E-state index in [0.717, 1.165) is 6.07 Å². The Kier molecular flexibility index (Phi) is 4.52. The van der Waals surface area contributed by atoms with Crippen LogP contribution in [0.3, 0.4) is 0 Å². The Morgan fingerprint density at radius 1 is 1.39 bits per heavy atom. The minimum Gasteiger partial charge on any atom is -0.374 e. The number of anilines is 1. The van der Waals surface area contributed by atoms with Gasteiger partial charge in [0.25, 0.3) is 0 Å². The average Bonchev–Trinajstić information content (AvgIpc) is 2.24. The van der Waals surface area contributed by atoms with Gasteiger partial charge in [-0.3, -0.25) is 4.79 Å². The summed E-state index contributed by atoms with van der Waals surface area (Å²) in [5, 5.41) is 4.34. The van der Waals surface area contributed by atoms with Gasteiger partial charge in [-0.15, -0.1) is 0 Å². The third-order valence-corrected chi connectivity index (χ3v) is 2.06. The molecule has 0 heterocycles. The van der Waals surface area contributed by atoms with Crippen LogP contribution in [0.15, 0.2) is 24.3 Å².